The Morgan fingerprint density at radius 3 is 2.48 bits per heavy atom. The lowest BCUT2D eigenvalue weighted by molar-refractivity contribution is -0.385. The molecule has 1 aromatic rings. The van der Waals surface area contributed by atoms with Crippen LogP contribution in [-0.2, 0) is 20.9 Å². The van der Waals surface area contributed by atoms with E-state index in [9.17, 15) is 10.1 Å². The predicted molar refractivity (Wildman–Crippen MR) is 85.3 cm³/mol. The van der Waals surface area contributed by atoms with E-state index in [1.54, 1.807) is 40.7 Å². The zero-order valence-corrected chi connectivity index (χ0v) is 14.5. The van der Waals surface area contributed by atoms with Crippen LogP contribution in [-0.4, -0.2) is 17.6 Å². The number of nitrogens with zero attached hydrogens (tertiary/aromatic N) is 1. The van der Waals surface area contributed by atoms with Crippen LogP contribution in [0.25, 0.3) is 0 Å². The van der Waals surface area contributed by atoms with Crippen LogP contribution in [0.1, 0.15) is 31.9 Å². The molecule has 118 valence electrons. The molecule has 0 aromatic heterocycles. The van der Waals surface area contributed by atoms with Crippen molar-refractivity contribution in [2.45, 2.75) is 40.7 Å². The van der Waals surface area contributed by atoms with E-state index in [-0.39, 0.29) is 17.5 Å². The molecule has 0 fully saturated rings. The predicted octanol–water partition coefficient (Wildman–Crippen LogP) is 4.28. The molecule has 0 saturated heterocycles. The topological polar surface area (TPSA) is 70.8 Å². The van der Waals surface area contributed by atoms with Crippen molar-refractivity contribution in [3.8, 4) is 5.75 Å². The fourth-order valence-corrected chi connectivity index (χ4v) is 4.30. The molecule has 0 radical (unpaired) electrons. The van der Waals surface area contributed by atoms with Gasteiger partial charge in [0.15, 0.2) is 0 Å². The van der Waals surface area contributed by atoms with Crippen LogP contribution in [0.5, 0.6) is 5.75 Å². The molecule has 0 aliphatic heterocycles. The van der Waals surface area contributed by atoms with E-state index in [0.29, 0.717) is 12.2 Å². The molecule has 1 aromatic carbocycles. The van der Waals surface area contributed by atoms with Gasteiger partial charge in [0.05, 0.1) is 17.6 Å². The molecule has 1 unspecified atom stereocenters. The van der Waals surface area contributed by atoms with E-state index in [1.807, 2.05) is 0 Å². The Morgan fingerprint density at radius 2 is 2.00 bits per heavy atom. The van der Waals surface area contributed by atoms with Crippen LogP contribution in [0.15, 0.2) is 12.1 Å². The van der Waals surface area contributed by atoms with Gasteiger partial charge in [-0.05, 0) is 45.7 Å². The summed E-state index contributed by atoms with van der Waals surface area (Å²) in [6.45, 7) is 6.13. The van der Waals surface area contributed by atoms with Crippen LogP contribution < -0.4 is 4.52 Å². The molecule has 0 N–H and O–H groups in total. The van der Waals surface area contributed by atoms with Gasteiger partial charge in [-0.2, -0.15) is 0 Å². The minimum atomic E-state index is -3.08. The SMILES string of the molecule is CCOP(=S)(Oc1c(C)cc(C)cc1[N+](=O)[O-])OC(C)C. The molecule has 8 heteroatoms. The summed E-state index contributed by atoms with van der Waals surface area (Å²) in [5, 5.41) is 11.2. The summed E-state index contributed by atoms with van der Waals surface area (Å²) in [5.41, 5.74) is 1.28. The highest BCUT2D eigenvalue weighted by atomic mass is 32.5. The number of rotatable bonds is 7. The molecule has 0 bridgehead atoms. The van der Waals surface area contributed by atoms with Crippen molar-refractivity contribution in [3.05, 3.63) is 33.4 Å². The average molecular weight is 333 g/mol. The third-order valence-corrected chi connectivity index (χ3v) is 4.88. The Hall–Kier alpha value is -1.01. The molecule has 21 heavy (non-hydrogen) atoms. The van der Waals surface area contributed by atoms with Crippen LogP contribution in [0.4, 0.5) is 5.69 Å². The smallest absolute Gasteiger partial charge is 0.381 e. The molecule has 6 nitrogen and oxygen atoms in total. The van der Waals surface area contributed by atoms with Crippen LogP contribution in [0.2, 0.25) is 0 Å². The largest absolute Gasteiger partial charge is 0.416 e. The van der Waals surface area contributed by atoms with Crippen molar-refractivity contribution in [3.63, 3.8) is 0 Å². The highest BCUT2D eigenvalue weighted by Crippen LogP contribution is 2.53. The van der Waals surface area contributed by atoms with Crippen LogP contribution in [0.3, 0.4) is 0 Å². The van der Waals surface area contributed by atoms with Crippen molar-refractivity contribution in [1.82, 2.24) is 0 Å². The Balaban J connectivity index is 3.26. The minimum absolute atomic E-state index is 0.114. The summed E-state index contributed by atoms with van der Waals surface area (Å²) >= 11 is 5.32. The number of benzene rings is 1. The van der Waals surface area contributed by atoms with Crippen LogP contribution in [0, 0.1) is 24.0 Å². The van der Waals surface area contributed by atoms with E-state index < -0.39 is 11.6 Å². The summed E-state index contributed by atoms with van der Waals surface area (Å²) in [5.74, 6) is 0.114. The molecular weight excluding hydrogens is 313 g/mol. The van der Waals surface area contributed by atoms with Gasteiger partial charge in [-0.25, -0.2) is 0 Å². The van der Waals surface area contributed by atoms with E-state index >= 15 is 0 Å². The second-order valence-corrected chi connectivity index (χ2v) is 7.69. The van der Waals surface area contributed by atoms with E-state index in [4.69, 9.17) is 25.4 Å². The molecule has 0 amide bonds. The van der Waals surface area contributed by atoms with Gasteiger partial charge in [0.2, 0.25) is 5.75 Å². The maximum Gasteiger partial charge on any atom is 0.381 e. The first-order valence-corrected chi connectivity index (χ1v) is 9.12. The number of aryl methyl sites for hydroxylation is 2. The second-order valence-electron chi connectivity index (χ2n) is 4.80. The molecule has 1 atom stereocenters. The van der Waals surface area contributed by atoms with E-state index in [0.717, 1.165) is 5.56 Å². The average Bonchev–Trinajstić information content (AvgIpc) is 2.31. The molecule has 0 saturated carbocycles. The number of hydrogen-bond donors (Lipinski definition) is 0. The first-order valence-electron chi connectivity index (χ1n) is 6.56. The fourth-order valence-electron chi connectivity index (χ4n) is 1.79. The van der Waals surface area contributed by atoms with Gasteiger partial charge in [-0.1, -0.05) is 6.07 Å². The monoisotopic (exact) mass is 333 g/mol. The Morgan fingerprint density at radius 1 is 1.38 bits per heavy atom. The van der Waals surface area contributed by atoms with Crippen molar-refractivity contribution in [2.24, 2.45) is 0 Å². The number of nitro benzene ring substituents is 1. The third kappa shape index (κ3) is 5.04. The van der Waals surface area contributed by atoms with Crippen molar-refractivity contribution >= 4 is 24.2 Å². The number of nitro groups is 1. The lowest BCUT2D eigenvalue weighted by Crippen LogP contribution is -2.09. The van der Waals surface area contributed by atoms with Crippen LogP contribution >= 0.6 is 6.72 Å². The van der Waals surface area contributed by atoms with Crippen molar-refractivity contribution < 1.29 is 18.5 Å². The Bertz CT molecular complexity index is 576. The molecule has 0 heterocycles. The molecule has 0 aliphatic rings. The summed E-state index contributed by atoms with van der Waals surface area (Å²) in [6.07, 6.45) is -0.202. The third-order valence-electron chi connectivity index (χ3n) is 2.43. The normalized spacial score (nSPS) is 14.0. The molecule has 1 rings (SSSR count). The minimum Gasteiger partial charge on any atom is -0.416 e. The first-order chi connectivity index (χ1) is 9.68. The molecular formula is C13H20NO5PS. The highest BCUT2D eigenvalue weighted by Gasteiger charge is 2.29. The van der Waals surface area contributed by atoms with Gasteiger partial charge in [-0.3, -0.25) is 19.2 Å². The quantitative estimate of drug-likeness (QED) is 0.421. The fraction of sp³-hybridized carbons (Fsp3) is 0.538. The van der Waals surface area contributed by atoms with Gasteiger partial charge in [-0.15, -0.1) is 0 Å². The van der Waals surface area contributed by atoms with E-state index in [1.165, 1.54) is 6.07 Å². The molecule has 0 aliphatic carbocycles. The van der Waals surface area contributed by atoms with Crippen molar-refractivity contribution in [2.75, 3.05) is 6.61 Å². The molecule has 0 spiro atoms. The van der Waals surface area contributed by atoms with Gasteiger partial charge < -0.3 is 4.52 Å². The van der Waals surface area contributed by atoms with Gasteiger partial charge in [0.1, 0.15) is 0 Å². The maximum absolute atomic E-state index is 11.2. The second kappa shape index (κ2) is 7.31. The standard InChI is InChI=1S/C13H20NO5PS/c1-6-17-20(21,18-9(2)3)19-13-11(5)7-10(4)8-12(13)14(15)16/h7-9H,6H2,1-5H3. The van der Waals surface area contributed by atoms with E-state index in [2.05, 4.69) is 0 Å². The Labute approximate surface area is 129 Å². The van der Waals surface area contributed by atoms with Crippen molar-refractivity contribution in [1.29, 1.82) is 0 Å². The summed E-state index contributed by atoms with van der Waals surface area (Å²) < 4.78 is 16.7. The maximum atomic E-state index is 11.2. The van der Waals surface area contributed by atoms with Gasteiger partial charge in [0, 0.05) is 17.9 Å². The zero-order chi connectivity index (χ0) is 16.2. The summed E-state index contributed by atoms with van der Waals surface area (Å²) in [4.78, 5) is 10.7. The van der Waals surface area contributed by atoms with Gasteiger partial charge in [0.25, 0.3) is 0 Å². The lowest BCUT2D eigenvalue weighted by atomic mass is 10.1. The lowest BCUT2D eigenvalue weighted by Gasteiger charge is -2.24. The first kappa shape index (κ1) is 18.0. The summed E-state index contributed by atoms with van der Waals surface area (Å²) in [6, 6.07) is 3.24. The highest BCUT2D eigenvalue weighted by molar-refractivity contribution is 8.07. The summed E-state index contributed by atoms with van der Waals surface area (Å²) in [7, 11) is 0. The number of hydrogen-bond acceptors (Lipinski definition) is 6. The van der Waals surface area contributed by atoms with Gasteiger partial charge >= 0.3 is 12.4 Å². The zero-order valence-electron chi connectivity index (χ0n) is 12.8. The Kier molecular flexibility index (Phi) is 6.28.